The smallest absolute Gasteiger partial charge is 0.297 e. The molecule has 2 aliphatic rings. The predicted octanol–water partition coefficient (Wildman–Crippen LogP) is 2.03. The highest BCUT2D eigenvalue weighted by Gasteiger charge is 2.35. The number of para-hydroxylation sites is 1. The molecular formula is C21H29N4O+. The van der Waals surface area contributed by atoms with E-state index in [1.807, 2.05) is 49.0 Å². The van der Waals surface area contributed by atoms with E-state index >= 15 is 0 Å². The summed E-state index contributed by atoms with van der Waals surface area (Å²) in [6.07, 6.45) is 8.56. The minimum absolute atomic E-state index is 0.0314. The van der Waals surface area contributed by atoms with Gasteiger partial charge in [0.1, 0.15) is 0 Å². The van der Waals surface area contributed by atoms with Gasteiger partial charge in [0.15, 0.2) is 5.69 Å². The van der Waals surface area contributed by atoms with E-state index in [0.29, 0.717) is 17.6 Å². The molecule has 0 spiro atoms. The van der Waals surface area contributed by atoms with Crippen molar-refractivity contribution in [2.75, 3.05) is 13.1 Å². The second kappa shape index (κ2) is 7.23. The van der Waals surface area contributed by atoms with Crippen LogP contribution in [0, 0.1) is 12.8 Å². The molecule has 1 N–H and O–H groups in total. The molecule has 2 fully saturated rings. The third-order valence-electron chi connectivity index (χ3n) is 6.26. The fourth-order valence-corrected chi connectivity index (χ4v) is 4.75. The number of nitrogens with zero attached hydrogens (tertiary/aromatic N) is 3. The Morgan fingerprint density at radius 3 is 2.69 bits per heavy atom. The monoisotopic (exact) mass is 353 g/mol. The average Bonchev–Trinajstić information content (AvgIpc) is 2.89. The Morgan fingerprint density at radius 1 is 1.12 bits per heavy atom. The minimum atomic E-state index is -0.0314. The lowest BCUT2D eigenvalue weighted by Gasteiger charge is -2.39. The number of hydrogen-bond donors (Lipinski definition) is 1. The zero-order valence-corrected chi connectivity index (χ0v) is 15.8. The first-order valence-electron chi connectivity index (χ1n) is 9.89. The molecule has 5 heteroatoms. The molecule has 3 heterocycles. The van der Waals surface area contributed by atoms with Crippen LogP contribution in [-0.2, 0) is 7.05 Å². The molecule has 138 valence electrons. The van der Waals surface area contributed by atoms with Crippen LogP contribution in [0.15, 0.2) is 40.1 Å². The van der Waals surface area contributed by atoms with Gasteiger partial charge in [0, 0.05) is 25.6 Å². The van der Waals surface area contributed by atoms with Gasteiger partial charge in [-0.15, -0.1) is 0 Å². The van der Waals surface area contributed by atoms with Gasteiger partial charge in [0.25, 0.3) is 5.56 Å². The maximum atomic E-state index is 13.0. The number of hydrogen-bond acceptors (Lipinski definition) is 2. The van der Waals surface area contributed by atoms with Gasteiger partial charge < -0.3 is 4.90 Å². The van der Waals surface area contributed by atoms with Crippen LogP contribution in [0.4, 0.5) is 5.69 Å². The van der Waals surface area contributed by atoms with Gasteiger partial charge in [-0.1, -0.05) is 18.2 Å². The minimum Gasteiger partial charge on any atom is -0.332 e. The first-order valence-corrected chi connectivity index (χ1v) is 9.89. The summed E-state index contributed by atoms with van der Waals surface area (Å²) in [6.45, 7) is 4.59. The summed E-state index contributed by atoms with van der Waals surface area (Å²) in [5, 5.41) is 0. The first-order chi connectivity index (χ1) is 12.7. The van der Waals surface area contributed by atoms with Crippen molar-refractivity contribution in [2.24, 2.45) is 18.0 Å². The van der Waals surface area contributed by atoms with Crippen molar-refractivity contribution in [1.82, 2.24) is 9.36 Å². The molecule has 0 aliphatic carbocycles. The molecule has 1 unspecified atom stereocenters. The standard InChI is InChI=1S/C21H28N4O/c1-16-20(21(26)25(23(16)2)18-10-4-3-5-11-18)22-15-17-9-8-14-24-13-7-6-12-19(17)24/h3-5,10-11,15,17,19H,6-9,12-14H2,1-2H3/p+1/t17-,19-/m1/s1. The average molecular weight is 353 g/mol. The van der Waals surface area contributed by atoms with Gasteiger partial charge in [-0.05, 0) is 44.7 Å². The predicted molar refractivity (Wildman–Crippen MR) is 105 cm³/mol. The van der Waals surface area contributed by atoms with E-state index in [0.717, 1.165) is 11.4 Å². The lowest BCUT2D eigenvalue weighted by molar-refractivity contribution is -0.938. The maximum Gasteiger partial charge on any atom is 0.297 e. The zero-order chi connectivity index (χ0) is 18.1. The Hall–Kier alpha value is -2.14. The van der Waals surface area contributed by atoms with Crippen molar-refractivity contribution in [3.63, 3.8) is 0 Å². The number of nitrogens with one attached hydrogen (secondary N) is 1. The maximum absolute atomic E-state index is 13.0. The van der Waals surface area contributed by atoms with Gasteiger partial charge in [-0.3, -0.25) is 14.5 Å². The SMILES string of the molecule is Cc1c(N=C[C@H]2CCC[NH+]3CCCC[C@H]23)c(=O)n(-c2ccccc2)n1C. The Labute approximate surface area is 154 Å². The van der Waals surface area contributed by atoms with Crippen LogP contribution in [0.25, 0.3) is 5.69 Å². The molecule has 0 saturated carbocycles. The molecule has 0 bridgehead atoms. The Bertz CT molecular complexity index is 847. The third kappa shape index (κ3) is 3.05. The van der Waals surface area contributed by atoms with E-state index in [1.54, 1.807) is 9.58 Å². The topological polar surface area (TPSA) is 43.7 Å². The number of fused-ring (bicyclic) bond motifs is 1. The van der Waals surface area contributed by atoms with Crippen LogP contribution >= 0.6 is 0 Å². The van der Waals surface area contributed by atoms with Crippen molar-refractivity contribution in [3.8, 4) is 5.69 Å². The molecule has 0 radical (unpaired) electrons. The Balaban J connectivity index is 1.64. The van der Waals surface area contributed by atoms with Gasteiger partial charge in [-0.2, -0.15) is 0 Å². The normalized spacial score (nSPS) is 26.2. The second-order valence-electron chi connectivity index (χ2n) is 7.75. The van der Waals surface area contributed by atoms with Crippen LogP contribution in [0.3, 0.4) is 0 Å². The lowest BCUT2D eigenvalue weighted by atomic mass is 9.84. The summed E-state index contributed by atoms with van der Waals surface area (Å²) in [6, 6.07) is 10.5. The van der Waals surface area contributed by atoms with E-state index in [-0.39, 0.29) is 5.56 Å². The van der Waals surface area contributed by atoms with E-state index in [1.165, 1.54) is 45.2 Å². The first kappa shape index (κ1) is 17.3. The number of aliphatic imine (C=N–C) groups is 1. The Morgan fingerprint density at radius 2 is 1.88 bits per heavy atom. The molecule has 5 nitrogen and oxygen atoms in total. The van der Waals surface area contributed by atoms with Gasteiger partial charge in [0.2, 0.25) is 0 Å². The highest BCUT2D eigenvalue weighted by Crippen LogP contribution is 2.21. The summed E-state index contributed by atoms with van der Waals surface area (Å²) < 4.78 is 3.62. The third-order valence-corrected chi connectivity index (χ3v) is 6.26. The van der Waals surface area contributed by atoms with Crippen molar-refractivity contribution in [3.05, 3.63) is 46.4 Å². The van der Waals surface area contributed by atoms with Gasteiger partial charge in [-0.25, -0.2) is 4.68 Å². The van der Waals surface area contributed by atoms with E-state index < -0.39 is 0 Å². The van der Waals surface area contributed by atoms with Crippen LogP contribution in [0.5, 0.6) is 0 Å². The Kier molecular flexibility index (Phi) is 4.81. The van der Waals surface area contributed by atoms with E-state index in [4.69, 9.17) is 4.99 Å². The zero-order valence-electron chi connectivity index (χ0n) is 15.8. The van der Waals surface area contributed by atoms with Gasteiger partial charge >= 0.3 is 0 Å². The molecule has 2 aromatic rings. The molecule has 4 rings (SSSR count). The molecule has 1 aromatic heterocycles. The van der Waals surface area contributed by atoms with E-state index in [9.17, 15) is 4.79 Å². The fraction of sp³-hybridized carbons (Fsp3) is 0.524. The fourth-order valence-electron chi connectivity index (χ4n) is 4.75. The number of rotatable bonds is 3. The summed E-state index contributed by atoms with van der Waals surface area (Å²) in [7, 11) is 1.93. The molecule has 2 aliphatic heterocycles. The highest BCUT2D eigenvalue weighted by molar-refractivity contribution is 5.67. The van der Waals surface area contributed by atoms with Gasteiger partial charge in [0.05, 0.1) is 30.5 Å². The summed E-state index contributed by atoms with van der Waals surface area (Å²) in [5.41, 5.74) is 2.35. The summed E-state index contributed by atoms with van der Waals surface area (Å²) in [4.78, 5) is 19.5. The van der Waals surface area contributed by atoms with Crippen molar-refractivity contribution >= 4 is 11.9 Å². The molecule has 3 atom stereocenters. The second-order valence-corrected chi connectivity index (χ2v) is 7.75. The van der Waals surface area contributed by atoms with Crippen molar-refractivity contribution < 1.29 is 4.90 Å². The molecule has 2 saturated heterocycles. The van der Waals surface area contributed by atoms with E-state index in [2.05, 4.69) is 6.21 Å². The number of aromatic nitrogens is 2. The molecule has 0 amide bonds. The van der Waals surface area contributed by atoms with Crippen LogP contribution < -0.4 is 10.5 Å². The molecule has 1 aromatic carbocycles. The molecule has 26 heavy (non-hydrogen) atoms. The van der Waals surface area contributed by atoms with Crippen LogP contribution in [-0.4, -0.2) is 34.7 Å². The molecular weight excluding hydrogens is 324 g/mol. The van der Waals surface area contributed by atoms with Crippen molar-refractivity contribution in [1.29, 1.82) is 0 Å². The quantitative estimate of drug-likeness (QED) is 0.843. The van der Waals surface area contributed by atoms with Crippen LogP contribution in [0.1, 0.15) is 37.8 Å². The summed E-state index contributed by atoms with van der Waals surface area (Å²) in [5.74, 6) is 0.503. The summed E-state index contributed by atoms with van der Waals surface area (Å²) >= 11 is 0. The van der Waals surface area contributed by atoms with Crippen molar-refractivity contribution in [2.45, 2.75) is 45.1 Å². The highest BCUT2D eigenvalue weighted by atomic mass is 16.1. The lowest BCUT2D eigenvalue weighted by Crippen LogP contribution is -3.18. The van der Waals surface area contributed by atoms with Crippen LogP contribution in [0.2, 0.25) is 0 Å². The number of benzene rings is 1. The largest absolute Gasteiger partial charge is 0.332 e. The number of piperidine rings is 2. The number of quaternary nitrogens is 1.